The Morgan fingerprint density at radius 2 is 1.84 bits per heavy atom. The maximum absolute atomic E-state index is 12.8. The molecule has 31 heavy (non-hydrogen) atoms. The van der Waals surface area contributed by atoms with Crippen LogP contribution in [0.4, 0.5) is 0 Å². The first-order chi connectivity index (χ1) is 15.0. The van der Waals surface area contributed by atoms with E-state index in [1.54, 1.807) is 0 Å². The quantitative estimate of drug-likeness (QED) is 0.641. The van der Waals surface area contributed by atoms with Crippen LogP contribution in [0.15, 0.2) is 53.1 Å². The maximum atomic E-state index is 12.8. The van der Waals surface area contributed by atoms with Crippen molar-refractivity contribution in [1.29, 1.82) is 0 Å². The number of hydrogen-bond donors (Lipinski definition) is 1. The minimum Gasteiger partial charge on any atom is -0.349 e. The summed E-state index contributed by atoms with van der Waals surface area (Å²) in [5, 5.41) is 7.31. The van der Waals surface area contributed by atoms with Crippen LogP contribution in [0.3, 0.4) is 0 Å². The Morgan fingerprint density at radius 1 is 1.13 bits per heavy atom. The van der Waals surface area contributed by atoms with Gasteiger partial charge in [0.05, 0.1) is 12.6 Å². The van der Waals surface area contributed by atoms with Gasteiger partial charge in [0.15, 0.2) is 0 Å². The number of nitrogens with zero attached hydrogens (tertiary/aromatic N) is 3. The molecule has 1 amide bonds. The molecule has 3 aromatic rings. The summed E-state index contributed by atoms with van der Waals surface area (Å²) in [5.41, 5.74) is 4.54. The van der Waals surface area contributed by atoms with Crippen molar-refractivity contribution in [2.45, 2.75) is 46.2 Å². The fraction of sp³-hybridized carbons (Fsp3) is 0.400. The van der Waals surface area contributed by atoms with Crippen molar-refractivity contribution in [2.24, 2.45) is 5.92 Å². The van der Waals surface area contributed by atoms with Crippen LogP contribution in [-0.4, -0.2) is 34.0 Å². The van der Waals surface area contributed by atoms with E-state index in [2.05, 4.69) is 53.3 Å². The maximum Gasteiger partial charge on any atom is 0.241 e. The van der Waals surface area contributed by atoms with E-state index in [4.69, 9.17) is 4.52 Å². The molecule has 0 bridgehead atoms. The van der Waals surface area contributed by atoms with Crippen LogP contribution in [-0.2, 0) is 11.3 Å². The van der Waals surface area contributed by atoms with E-state index in [1.807, 2.05) is 36.4 Å². The number of benzene rings is 2. The number of likely N-dealkylation sites (tertiary alicyclic amines) is 1. The summed E-state index contributed by atoms with van der Waals surface area (Å²) >= 11 is 0. The van der Waals surface area contributed by atoms with Gasteiger partial charge in [0.25, 0.3) is 0 Å². The van der Waals surface area contributed by atoms with Crippen LogP contribution in [0.1, 0.15) is 48.4 Å². The van der Waals surface area contributed by atoms with Crippen LogP contribution in [0.25, 0.3) is 11.4 Å². The Bertz CT molecular complexity index is 1020. The van der Waals surface area contributed by atoms with Gasteiger partial charge in [-0.1, -0.05) is 59.3 Å². The van der Waals surface area contributed by atoms with Gasteiger partial charge in [-0.05, 0) is 57.8 Å². The van der Waals surface area contributed by atoms with Gasteiger partial charge in [0, 0.05) is 11.5 Å². The lowest BCUT2D eigenvalue weighted by molar-refractivity contribution is -0.127. The number of hydrogen-bond acceptors (Lipinski definition) is 5. The lowest BCUT2D eigenvalue weighted by Gasteiger charge is -2.31. The van der Waals surface area contributed by atoms with Gasteiger partial charge in [0.2, 0.25) is 17.6 Å². The molecule has 4 rings (SSSR count). The predicted molar refractivity (Wildman–Crippen MR) is 120 cm³/mol. The summed E-state index contributed by atoms with van der Waals surface area (Å²) in [6.07, 6.45) is 1.68. The molecule has 2 aromatic carbocycles. The van der Waals surface area contributed by atoms with Gasteiger partial charge in [-0.2, -0.15) is 4.98 Å². The van der Waals surface area contributed by atoms with Gasteiger partial charge in [-0.25, -0.2) is 0 Å². The Balaban J connectivity index is 1.27. The Hall–Kier alpha value is -2.99. The molecule has 1 fully saturated rings. The van der Waals surface area contributed by atoms with E-state index in [0.717, 1.165) is 31.5 Å². The normalized spacial score (nSPS) is 16.2. The van der Waals surface area contributed by atoms with Crippen molar-refractivity contribution in [3.63, 3.8) is 0 Å². The van der Waals surface area contributed by atoms with Gasteiger partial charge in [-0.15, -0.1) is 0 Å². The Morgan fingerprint density at radius 3 is 2.55 bits per heavy atom. The van der Waals surface area contributed by atoms with Crippen LogP contribution in [0.2, 0.25) is 0 Å². The zero-order valence-corrected chi connectivity index (χ0v) is 18.5. The molecule has 0 aliphatic carbocycles. The van der Waals surface area contributed by atoms with Crippen LogP contribution in [0.5, 0.6) is 0 Å². The highest BCUT2D eigenvalue weighted by atomic mass is 16.5. The van der Waals surface area contributed by atoms with E-state index >= 15 is 0 Å². The smallest absolute Gasteiger partial charge is 0.241 e. The van der Waals surface area contributed by atoms with Crippen LogP contribution in [0, 0.1) is 19.8 Å². The summed E-state index contributed by atoms with van der Waals surface area (Å²) in [7, 11) is 0. The van der Waals surface area contributed by atoms with Crippen LogP contribution >= 0.6 is 0 Å². The molecule has 2 heterocycles. The summed E-state index contributed by atoms with van der Waals surface area (Å²) in [4.78, 5) is 19.6. The van der Waals surface area contributed by atoms with E-state index in [-0.39, 0.29) is 17.9 Å². The lowest BCUT2D eigenvalue weighted by Crippen LogP contribution is -2.41. The molecule has 1 aliphatic rings. The third-order valence-electron chi connectivity index (χ3n) is 6.11. The molecule has 1 saturated heterocycles. The monoisotopic (exact) mass is 418 g/mol. The van der Waals surface area contributed by atoms with E-state index in [1.165, 1.54) is 16.7 Å². The highest BCUT2D eigenvalue weighted by Crippen LogP contribution is 2.23. The molecule has 6 nitrogen and oxygen atoms in total. The van der Waals surface area contributed by atoms with Crippen molar-refractivity contribution in [2.75, 3.05) is 13.1 Å². The lowest BCUT2D eigenvalue weighted by atomic mass is 9.94. The number of aryl methyl sites for hydroxylation is 2. The van der Waals surface area contributed by atoms with Gasteiger partial charge >= 0.3 is 0 Å². The number of carbonyl (C=O) groups is 1. The molecule has 0 radical (unpaired) electrons. The molecule has 1 aliphatic heterocycles. The molecule has 162 valence electrons. The molecule has 1 unspecified atom stereocenters. The fourth-order valence-electron chi connectivity index (χ4n) is 4.17. The van der Waals surface area contributed by atoms with E-state index < -0.39 is 0 Å². The average Bonchev–Trinajstić information content (AvgIpc) is 3.23. The highest BCUT2D eigenvalue weighted by molar-refractivity contribution is 5.79. The largest absolute Gasteiger partial charge is 0.349 e. The second-order valence-electron chi connectivity index (χ2n) is 8.52. The van der Waals surface area contributed by atoms with Crippen molar-refractivity contribution in [1.82, 2.24) is 20.4 Å². The zero-order valence-electron chi connectivity index (χ0n) is 18.5. The van der Waals surface area contributed by atoms with Crippen molar-refractivity contribution in [3.05, 3.63) is 71.1 Å². The van der Waals surface area contributed by atoms with Crippen molar-refractivity contribution < 1.29 is 9.32 Å². The third-order valence-corrected chi connectivity index (χ3v) is 6.11. The summed E-state index contributed by atoms with van der Waals surface area (Å²) in [5.74, 6) is 1.43. The Kier molecular flexibility index (Phi) is 6.47. The zero-order chi connectivity index (χ0) is 21.8. The first kappa shape index (κ1) is 21.2. The molecular weight excluding hydrogens is 388 g/mol. The highest BCUT2D eigenvalue weighted by Gasteiger charge is 2.27. The second kappa shape index (κ2) is 9.43. The van der Waals surface area contributed by atoms with Gasteiger partial charge in [0.1, 0.15) is 0 Å². The minimum atomic E-state index is 0.0188. The van der Waals surface area contributed by atoms with Crippen molar-refractivity contribution >= 4 is 5.91 Å². The van der Waals surface area contributed by atoms with Gasteiger partial charge < -0.3 is 9.84 Å². The molecule has 1 aromatic heterocycles. The van der Waals surface area contributed by atoms with Crippen LogP contribution < -0.4 is 5.32 Å². The number of amides is 1. The van der Waals surface area contributed by atoms with E-state index in [9.17, 15) is 4.79 Å². The summed E-state index contributed by atoms with van der Waals surface area (Å²) in [6, 6.07) is 16.3. The standard InChI is InChI=1S/C25H30N4O2/c1-17-8-10-20(11-9-17)24-27-23(31-28-24)16-29-14-12-21(13-15-29)25(30)26-19(3)22-7-5-4-6-18(22)2/h4-11,19,21H,12-16H2,1-3H3,(H,26,30). The number of nitrogens with one attached hydrogen (secondary N) is 1. The first-order valence-corrected chi connectivity index (χ1v) is 11.0. The SMILES string of the molecule is Cc1ccc(-c2noc(CN3CCC(C(=O)NC(C)c4ccccc4C)CC3)n2)cc1. The first-order valence-electron chi connectivity index (χ1n) is 11.0. The summed E-state index contributed by atoms with van der Waals surface area (Å²) in [6.45, 7) is 8.50. The minimum absolute atomic E-state index is 0.0188. The molecule has 0 saturated carbocycles. The molecular formula is C25H30N4O2. The molecule has 1 N–H and O–H groups in total. The predicted octanol–water partition coefficient (Wildman–Crippen LogP) is 4.44. The molecule has 1 atom stereocenters. The number of carbonyl (C=O) groups excluding carboxylic acids is 1. The number of aromatic nitrogens is 2. The van der Waals surface area contributed by atoms with E-state index in [0.29, 0.717) is 18.3 Å². The third kappa shape index (κ3) is 5.20. The number of rotatable bonds is 6. The summed E-state index contributed by atoms with van der Waals surface area (Å²) < 4.78 is 5.46. The average molecular weight is 419 g/mol. The molecule has 0 spiro atoms. The molecule has 6 heteroatoms. The number of piperidine rings is 1. The van der Waals surface area contributed by atoms with Gasteiger partial charge in [-0.3, -0.25) is 9.69 Å². The fourth-order valence-corrected chi connectivity index (χ4v) is 4.17. The Labute approximate surface area is 183 Å². The topological polar surface area (TPSA) is 71.3 Å². The second-order valence-corrected chi connectivity index (χ2v) is 8.52. The van der Waals surface area contributed by atoms with Crippen molar-refractivity contribution in [3.8, 4) is 11.4 Å².